The molecule has 1 aliphatic carbocycles. The summed E-state index contributed by atoms with van der Waals surface area (Å²) in [6.07, 6.45) is 2.29. The lowest BCUT2D eigenvalue weighted by atomic mass is 10.0. The maximum Gasteiger partial charge on any atom is 0.149 e. The molecule has 1 saturated carbocycles. The van der Waals surface area contributed by atoms with Crippen molar-refractivity contribution in [1.82, 2.24) is 0 Å². The van der Waals surface area contributed by atoms with E-state index in [0.717, 1.165) is 24.5 Å². The molecule has 1 aliphatic rings. The van der Waals surface area contributed by atoms with Gasteiger partial charge in [-0.3, -0.25) is 0 Å². The van der Waals surface area contributed by atoms with E-state index < -0.39 is 11.6 Å². The van der Waals surface area contributed by atoms with Gasteiger partial charge in [-0.25, -0.2) is 8.78 Å². The highest BCUT2D eigenvalue weighted by Gasteiger charge is 2.32. The number of hydrogen-bond acceptors (Lipinski definition) is 1. The van der Waals surface area contributed by atoms with E-state index in [9.17, 15) is 8.78 Å². The molecule has 1 fully saturated rings. The normalized spacial score (nSPS) is 15.9. The highest BCUT2D eigenvalue weighted by Crippen LogP contribution is 2.43. The predicted molar refractivity (Wildman–Crippen MR) is 76.6 cm³/mol. The van der Waals surface area contributed by atoms with Gasteiger partial charge in [-0.2, -0.15) is 0 Å². The first-order chi connectivity index (χ1) is 9.63. The van der Waals surface area contributed by atoms with Crippen molar-refractivity contribution in [3.63, 3.8) is 0 Å². The van der Waals surface area contributed by atoms with Crippen molar-refractivity contribution in [1.29, 1.82) is 0 Å². The first-order valence-electron chi connectivity index (χ1n) is 6.91. The number of aryl methyl sites for hydroxylation is 1. The molecule has 0 aliphatic heterocycles. The Balaban J connectivity index is 1.86. The van der Waals surface area contributed by atoms with Crippen molar-refractivity contribution < 1.29 is 8.78 Å². The summed E-state index contributed by atoms with van der Waals surface area (Å²) in [4.78, 5) is 0. The zero-order valence-electron chi connectivity index (χ0n) is 11.4. The van der Waals surface area contributed by atoms with Crippen LogP contribution in [0.3, 0.4) is 0 Å². The summed E-state index contributed by atoms with van der Waals surface area (Å²) in [5.74, 6) is -0.559. The molecule has 104 valence electrons. The molecular weight excluding hydrogens is 256 g/mol. The van der Waals surface area contributed by atoms with Crippen LogP contribution in [-0.4, -0.2) is 0 Å². The number of hydrogen-bond donors (Lipinski definition) is 1. The van der Waals surface area contributed by atoms with Gasteiger partial charge in [0.2, 0.25) is 0 Å². The van der Waals surface area contributed by atoms with Crippen molar-refractivity contribution in [2.45, 2.75) is 25.8 Å². The average molecular weight is 273 g/mol. The molecular formula is C17H17F2N. The molecule has 0 spiro atoms. The molecule has 1 N–H and O–H groups in total. The third-order valence-corrected chi connectivity index (χ3v) is 3.77. The van der Waals surface area contributed by atoms with E-state index in [4.69, 9.17) is 0 Å². The van der Waals surface area contributed by atoms with E-state index in [0.29, 0.717) is 11.6 Å². The van der Waals surface area contributed by atoms with Crippen LogP contribution in [0.15, 0.2) is 42.5 Å². The molecule has 0 bridgehead atoms. The zero-order valence-corrected chi connectivity index (χ0v) is 11.4. The monoisotopic (exact) mass is 273 g/mol. The number of nitrogens with one attached hydrogen (secondary N) is 1. The molecule has 0 amide bonds. The SMILES string of the molecule is Cc1ccc(C(Nc2ccc(F)cc2F)C2CC2)cc1. The van der Waals surface area contributed by atoms with Crippen molar-refractivity contribution in [3.8, 4) is 0 Å². The van der Waals surface area contributed by atoms with E-state index in [1.807, 2.05) is 6.92 Å². The Morgan fingerprint density at radius 1 is 1.05 bits per heavy atom. The molecule has 0 heterocycles. The molecule has 0 aromatic heterocycles. The van der Waals surface area contributed by atoms with Crippen molar-refractivity contribution in [3.05, 3.63) is 65.2 Å². The van der Waals surface area contributed by atoms with E-state index >= 15 is 0 Å². The largest absolute Gasteiger partial charge is 0.376 e. The first kappa shape index (κ1) is 13.1. The van der Waals surface area contributed by atoms with Gasteiger partial charge < -0.3 is 5.32 Å². The van der Waals surface area contributed by atoms with Crippen LogP contribution in [-0.2, 0) is 0 Å². The Hall–Kier alpha value is -1.90. The van der Waals surface area contributed by atoms with Gasteiger partial charge in [0.15, 0.2) is 0 Å². The highest BCUT2D eigenvalue weighted by molar-refractivity contribution is 5.47. The summed E-state index contributed by atoms with van der Waals surface area (Å²) in [6, 6.07) is 12.0. The van der Waals surface area contributed by atoms with Gasteiger partial charge in [0, 0.05) is 6.07 Å². The Kier molecular flexibility index (Phi) is 3.43. The average Bonchev–Trinajstić information content (AvgIpc) is 3.24. The lowest BCUT2D eigenvalue weighted by Gasteiger charge is -2.20. The Morgan fingerprint density at radius 2 is 1.75 bits per heavy atom. The molecule has 1 atom stereocenters. The van der Waals surface area contributed by atoms with Crippen LogP contribution in [0.2, 0.25) is 0 Å². The third-order valence-electron chi connectivity index (χ3n) is 3.77. The maximum atomic E-state index is 13.8. The van der Waals surface area contributed by atoms with Gasteiger partial charge in [0.05, 0.1) is 11.7 Å². The molecule has 20 heavy (non-hydrogen) atoms. The van der Waals surface area contributed by atoms with Crippen LogP contribution in [0.4, 0.5) is 14.5 Å². The maximum absolute atomic E-state index is 13.8. The molecule has 1 nitrogen and oxygen atoms in total. The van der Waals surface area contributed by atoms with Crippen LogP contribution in [0.25, 0.3) is 0 Å². The molecule has 0 saturated heterocycles. The molecule has 1 unspecified atom stereocenters. The molecule has 2 aromatic carbocycles. The topological polar surface area (TPSA) is 12.0 Å². The number of rotatable bonds is 4. The lowest BCUT2D eigenvalue weighted by Crippen LogP contribution is -2.14. The van der Waals surface area contributed by atoms with Crippen LogP contribution < -0.4 is 5.32 Å². The zero-order chi connectivity index (χ0) is 14.1. The smallest absolute Gasteiger partial charge is 0.149 e. The van der Waals surface area contributed by atoms with Crippen molar-refractivity contribution in [2.75, 3.05) is 5.32 Å². The van der Waals surface area contributed by atoms with E-state index in [-0.39, 0.29) is 6.04 Å². The van der Waals surface area contributed by atoms with Crippen molar-refractivity contribution in [2.24, 2.45) is 5.92 Å². The second-order valence-electron chi connectivity index (χ2n) is 5.49. The minimum Gasteiger partial charge on any atom is -0.376 e. The fourth-order valence-corrected chi connectivity index (χ4v) is 2.45. The molecule has 3 rings (SSSR count). The van der Waals surface area contributed by atoms with E-state index in [2.05, 4.69) is 29.6 Å². The number of benzene rings is 2. The van der Waals surface area contributed by atoms with E-state index in [1.54, 1.807) is 0 Å². The van der Waals surface area contributed by atoms with Gasteiger partial charge in [0.25, 0.3) is 0 Å². The third kappa shape index (κ3) is 2.82. The van der Waals surface area contributed by atoms with Crippen LogP contribution in [0, 0.1) is 24.5 Å². The van der Waals surface area contributed by atoms with Crippen LogP contribution in [0.5, 0.6) is 0 Å². The van der Waals surface area contributed by atoms with Gasteiger partial charge in [-0.15, -0.1) is 0 Å². The first-order valence-corrected chi connectivity index (χ1v) is 6.91. The number of anilines is 1. The van der Waals surface area contributed by atoms with Gasteiger partial charge in [0.1, 0.15) is 11.6 Å². The summed E-state index contributed by atoms with van der Waals surface area (Å²) in [7, 11) is 0. The lowest BCUT2D eigenvalue weighted by molar-refractivity contribution is 0.580. The van der Waals surface area contributed by atoms with E-state index in [1.165, 1.54) is 17.7 Å². The summed E-state index contributed by atoms with van der Waals surface area (Å²) >= 11 is 0. The minimum absolute atomic E-state index is 0.0931. The fraction of sp³-hybridized carbons (Fsp3) is 0.294. The van der Waals surface area contributed by atoms with Gasteiger partial charge in [-0.1, -0.05) is 29.8 Å². The van der Waals surface area contributed by atoms with Gasteiger partial charge in [-0.05, 0) is 43.4 Å². The minimum atomic E-state index is -0.550. The summed E-state index contributed by atoms with van der Waals surface area (Å²) in [5.41, 5.74) is 2.72. The van der Waals surface area contributed by atoms with Crippen molar-refractivity contribution >= 4 is 5.69 Å². The standard InChI is InChI=1S/C17H17F2N/c1-11-2-4-12(5-3-11)17(13-6-7-13)20-16-9-8-14(18)10-15(16)19/h2-5,8-10,13,17,20H,6-7H2,1H3. The van der Waals surface area contributed by atoms with Gasteiger partial charge >= 0.3 is 0 Å². The Labute approximate surface area is 117 Å². The summed E-state index contributed by atoms with van der Waals surface area (Å²) in [6.45, 7) is 2.04. The van der Waals surface area contributed by atoms with Crippen LogP contribution >= 0.6 is 0 Å². The molecule has 0 radical (unpaired) electrons. The number of halogens is 2. The molecule has 3 heteroatoms. The Bertz CT molecular complexity index is 603. The fourth-order valence-electron chi connectivity index (χ4n) is 2.45. The predicted octanol–water partition coefficient (Wildman–Crippen LogP) is 4.84. The van der Waals surface area contributed by atoms with Crippen LogP contribution in [0.1, 0.15) is 30.0 Å². The molecule has 2 aromatic rings. The summed E-state index contributed by atoms with van der Waals surface area (Å²) < 4.78 is 26.7. The second-order valence-corrected chi connectivity index (χ2v) is 5.49. The highest BCUT2D eigenvalue weighted by atomic mass is 19.1. The Morgan fingerprint density at radius 3 is 2.35 bits per heavy atom. The summed E-state index contributed by atoms with van der Waals surface area (Å²) in [5, 5.41) is 3.23. The second kappa shape index (κ2) is 5.23. The quantitative estimate of drug-likeness (QED) is 0.840.